The third-order valence-electron chi connectivity index (χ3n) is 4.84. The van der Waals surface area contributed by atoms with Crippen LogP contribution in [0.3, 0.4) is 0 Å². The Morgan fingerprint density at radius 2 is 1.86 bits per heavy atom. The largest absolute Gasteiger partial charge is 0.353 e. The highest BCUT2D eigenvalue weighted by atomic mass is 19.1. The number of nitrogens with zero attached hydrogens (tertiary/aromatic N) is 1. The number of carbonyl (C=O) groups is 2. The zero-order chi connectivity index (χ0) is 15.7. The third kappa shape index (κ3) is 2.85. The zero-order valence-corrected chi connectivity index (χ0v) is 12.7. The molecule has 0 spiro atoms. The maximum atomic E-state index is 13.1. The van der Waals surface area contributed by atoms with E-state index in [9.17, 15) is 14.0 Å². The van der Waals surface area contributed by atoms with Crippen molar-refractivity contribution in [3.05, 3.63) is 35.6 Å². The van der Waals surface area contributed by atoms with Crippen molar-refractivity contribution in [1.82, 2.24) is 10.2 Å². The van der Waals surface area contributed by atoms with Crippen LogP contribution in [0.5, 0.6) is 0 Å². The molecule has 1 N–H and O–H groups in total. The molecule has 1 saturated carbocycles. The third-order valence-corrected chi connectivity index (χ3v) is 4.84. The van der Waals surface area contributed by atoms with E-state index in [1.165, 1.54) is 12.1 Å². The highest BCUT2D eigenvalue weighted by Gasteiger charge is 2.43. The van der Waals surface area contributed by atoms with Crippen LogP contribution in [-0.4, -0.2) is 29.8 Å². The normalized spacial score (nSPS) is 25.7. The van der Waals surface area contributed by atoms with Crippen molar-refractivity contribution in [1.29, 1.82) is 0 Å². The minimum Gasteiger partial charge on any atom is -0.353 e. The summed E-state index contributed by atoms with van der Waals surface area (Å²) in [6, 6.07) is 5.99. The molecule has 0 bridgehead atoms. The van der Waals surface area contributed by atoms with Crippen molar-refractivity contribution in [3.8, 4) is 0 Å². The molecular formula is C17H21FN2O2. The highest BCUT2D eigenvalue weighted by Crippen LogP contribution is 2.37. The highest BCUT2D eigenvalue weighted by molar-refractivity contribution is 5.90. The number of hydrogen-bond donors (Lipinski definition) is 1. The number of benzene rings is 1. The topological polar surface area (TPSA) is 49.4 Å². The van der Waals surface area contributed by atoms with Crippen molar-refractivity contribution in [2.24, 2.45) is 5.92 Å². The van der Waals surface area contributed by atoms with Crippen LogP contribution in [0.2, 0.25) is 0 Å². The molecule has 0 radical (unpaired) electrons. The molecule has 2 atom stereocenters. The molecule has 1 saturated heterocycles. The van der Waals surface area contributed by atoms with E-state index in [-0.39, 0.29) is 36.1 Å². The van der Waals surface area contributed by atoms with E-state index in [1.54, 1.807) is 24.1 Å². The summed E-state index contributed by atoms with van der Waals surface area (Å²) in [6.07, 6.45) is 4.55. The number of halogens is 1. The van der Waals surface area contributed by atoms with E-state index < -0.39 is 5.92 Å². The minimum absolute atomic E-state index is 0.0408. The van der Waals surface area contributed by atoms with Gasteiger partial charge < -0.3 is 10.2 Å². The van der Waals surface area contributed by atoms with Crippen LogP contribution in [-0.2, 0) is 9.59 Å². The second-order valence-corrected chi connectivity index (χ2v) is 6.30. The molecule has 1 heterocycles. The Hall–Kier alpha value is -1.91. The van der Waals surface area contributed by atoms with E-state index in [1.807, 2.05) is 0 Å². The van der Waals surface area contributed by atoms with Crippen LogP contribution in [0, 0.1) is 11.7 Å². The van der Waals surface area contributed by atoms with Crippen LogP contribution >= 0.6 is 0 Å². The summed E-state index contributed by atoms with van der Waals surface area (Å²) in [7, 11) is 1.71. The van der Waals surface area contributed by atoms with E-state index in [2.05, 4.69) is 5.32 Å². The first-order chi connectivity index (χ1) is 10.6. The lowest BCUT2D eigenvalue weighted by atomic mass is 9.92. The summed E-state index contributed by atoms with van der Waals surface area (Å²) >= 11 is 0. The second-order valence-electron chi connectivity index (χ2n) is 6.30. The Bertz CT molecular complexity index is 567. The smallest absolute Gasteiger partial charge is 0.226 e. The minimum atomic E-state index is -0.399. The van der Waals surface area contributed by atoms with Crippen molar-refractivity contribution >= 4 is 11.8 Å². The first-order valence-corrected chi connectivity index (χ1v) is 7.88. The molecule has 5 heteroatoms. The fraction of sp³-hybridized carbons (Fsp3) is 0.529. The van der Waals surface area contributed by atoms with Gasteiger partial charge in [-0.05, 0) is 30.5 Å². The summed E-state index contributed by atoms with van der Waals surface area (Å²) in [5.41, 5.74) is 0.807. The molecule has 1 aliphatic carbocycles. The molecule has 1 aliphatic heterocycles. The van der Waals surface area contributed by atoms with Gasteiger partial charge in [0.1, 0.15) is 5.82 Å². The lowest BCUT2D eigenvalue weighted by molar-refractivity contribution is -0.128. The molecule has 0 unspecified atom stereocenters. The molecule has 0 aromatic heterocycles. The Balaban J connectivity index is 1.79. The summed E-state index contributed by atoms with van der Waals surface area (Å²) < 4.78 is 13.1. The number of rotatable bonds is 3. The van der Waals surface area contributed by atoms with Crippen molar-refractivity contribution < 1.29 is 14.0 Å². The molecule has 1 aromatic carbocycles. The van der Waals surface area contributed by atoms with Gasteiger partial charge in [0.2, 0.25) is 11.8 Å². The predicted molar refractivity (Wildman–Crippen MR) is 80.4 cm³/mol. The maximum Gasteiger partial charge on any atom is 0.226 e. The Morgan fingerprint density at radius 1 is 1.23 bits per heavy atom. The Kier molecular flexibility index (Phi) is 4.14. The van der Waals surface area contributed by atoms with Crippen molar-refractivity contribution in [3.63, 3.8) is 0 Å². The van der Waals surface area contributed by atoms with Gasteiger partial charge in [-0.3, -0.25) is 9.59 Å². The number of amides is 2. The Labute approximate surface area is 129 Å². The van der Waals surface area contributed by atoms with Gasteiger partial charge in [-0.2, -0.15) is 0 Å². The van der Waals surface area contributed by atoms with Gasteiger partial charge in [0, 0.05) is 19.5 Å². The van der Waals surface area contributed by atoms with E-state index in [4.69, 9.17) is 0 Å². The first-order valence-electron chi connectivity index (χ1n) is 7.88. The van der Waals surface area contributed by atoms with Gasteiger partial charge in [-0.25, -0.2) is 4.39 Å². The predicted octanol–water partition coefficient (Wildman–Crippen LogP) is 2.40. The Morgan fingerprint density at radius 3 is 2.50 bits per heavy atom. The molecule has 118 valence electrons. The van der Waals surface area contributed by atoms with Gasteiger partial charge in [-0.15, -0.1) is 0 Å². The fourth-order valence-corrected chi connectivity index (χ4v) is 3.60. The van der Waals surface area contributed by atoms with Crippen LogP contribution in [0.15, 0.2) is 24.3 Å². The summed E-state index contributed by atoms with van der Waals surface area (Å²) in [4.78, 5) is 26.2. The molecule has 22 heavy (non-hydrogen) atoms. The molecule has 2 aliphatic rings. The fourth-order valence-electron chi connectivity index (χ4n) is 3.60. The quantitative estimate of drug-likeness (QED) is 0.932. The number of carbonyl (C=O) groups excluding carboxylic acids is 2. The molecule has 4 nitrogen and oxygen atoms in total. The van der Waals surface area contributed by atoms with Crippen LogP contribution < -0.4 is 5.32 Å². The van der Waals surface area contributed by atoms with Crippen molar-refractivity contribution in [2.45, 2.75) is 44.2 Å². The number of likely N-dealkylation sites (tertiary alicyclic amines) is 1. The van der Waals surface area contributed by atoms with E-state index in [0.717, 1.165) is 31.2 Å². The van der Waals surface area contributed by atoms with Gasteiger partial charge >= 0.3 is 0 Å². The van der Waals surface area contributed by atoms with Crippen molar-refractivity contribution in [2.75, 3.05) is 7.05 Å². The summed E-state index contributed by atoms with van der Waals surface area (Å²) in [5.74, 6) is -0.814. The standard InChI is InChI=1S/C17H21FN2O2/c1-20-15(21)10-14(17(22)19-13-4-2-3-5-13)16(20)11-6-8-12(18)9-7-11/h6-9,13-14,16H,2-5,10H2,1H3,(H,19,22)/t14-,16+/m1/s1. The number of hydrogen-bond acceptors (Lipinski definition) is 2. The molecule has 1 aromatic rings. The summed E-state index contributed by atoms with van der Waals surface area (Å²) in [5, 5.41) is 3.08. The molecule has 2 fully saturated rings. The van der Waals surface area contributed by atoms with E-state index in [0.29, 0.717) is 0 Å². The lowest BCUT2D eigenvalue weighted by Gasteiger charge is -2.26. The van der Waals surface area contributed by atoms with Crippen LogP contribution in [0.25, 0.3) is 0 Å². The van der Waals surface area contributed by atoms with Gasteiger partial charge in [0.15, 0.2) is 0 Å². The second kappa shape index (κ2) is 6.07. The summed E-state index contributed by atoms with van der Waals surface area (Å²) in [6.45, 7) is 0. The molecule has 2 amide bonds. The maximum absolute atomic E-state index is 13.1. The van der Waals surface area contributed by atoms with Crippen LogP contribution in [0.1, 0.15) is 43.7 Å². The zero-order valence-electron chi connectivity index (χ0n) is 12.7. The van der Waals surface area contributed by atoms with Gasteiger partial charge in [0.05, 0.1) is 12.0 Å². The van der Waals surface area contributed by atoms with E-state index >= 15 is 0 Å². The van der Waals surface area contributed by atoms with Gasteiger partial charge in [0.25, 0.3) is 0 Å². The monoisotopic (exact) mass is 304 g/mol. The number of nitrogens with one attached hydrogen (secondary N) is 1. The molecule has 3 rings (SSSR count). The average molecular weight is 304 g/mol. The average Bonchev–Trinajstić information content (AvgIpc) is 3.10. The lowest BCUT2D eigenvalue weighted by Crippen LogP contribution is -2.39. The molecular weight excluding hydrogens is 283 g/mol. The first kappa shape index (κ1) is 15.0. The van der Waals surface area contributed by atoms with Crippen LogP contribution in [0.4, 0.5) is 4.39 Å². The van der Waals surface area contributed by atoms with Gasteiger partial charge in [-0.1, -0.05) is 25.0 Å². The SMILES string of the molecule is CN1C(=O)C[C@@H](C(=O)NC2CCCC2)[C@@H]1c1ccc(F)cc1.